The molecule has 0 saturated carbocycles. The van der Waals surface area contributed by atoms with E-state index in [0.29, 0.717) is 48.7 Å². The Morgan fingerprint density at radius 1 is 1.09 bits per heavy atom. The average Bonchev–Trinajstić information content (AvgIpc) is 2.79. The number of piperidine rings is 1. The molecule has 1 saturated heterocycles. The zero-order valence-corrected chi connectivity index (χ0v) is 19.0. The summed E-state index contributed by atoms with van der Waals surface area (Å²) >= 11 is 5.90. The van der Waals surface area contributed by atoms with Crippen LogP contribution in [0.5, 0.6) is 5.75 Å². The van der Waals surface area contributed by atoms with Gasteiger partial charge in [0.2, 0.25) is 11.8 Å². The van der Waals surface area contributed by atoms with E-state index >= 15 is 0 Å². The van der Waals surface area contributed by atoms with E-state index in [1.54, 1.807) is 36.3 Å². The summed E-state index contributed by atoms with van der Waals surface area (Å²) in [6.45, 7) is 2.48. The highest BCUT2D eigenvalue weighted by molar-refractivity contribution is 6.30. The van der Waals surface area contributed by atoms with Crippen LogP contribution in [0.15, 0.2) is 48.5 Å². The maximum absolute atomic E-state index is 13.0. The van der Waals surface area contributed by atoms with Crippen LogP contribution in [0.1, 0.15) is 35.7 Å². The third-order valence-corrected chi connectivity index (χ3v) is 5.78. The predicted molar refractivity (Wildman–Crippen MR) is 123 cm³/mol. The van der Waals surface area contributed by atoms with E-state index in [0.717, 1.165) is 5.56 Å². The lowest BCUT2D eigenvalue weighted by Crippen LogP contribution is -2.53. The van der Waals surface area contributed by atoms with Crippen molar-refractivity contribution in [3.8, 4) is 5.75 Å². The summed E-state index contributed by atoms with van der Waals surface area (Å²) in [7, 11) is 1.57. The van der Waals surface area contributed by atoms with Crippen molar-refractivity contribution in [1.82, 2.24) is 15.5 Å². The number of halogens is 1. The first-order chi connectivity index (χ1) is 15.4. The van der Waals surface area contributed by atoms with Gasteiger partial charge in [-0.15, -0.1) is 0 Å². The summed E-state index contributed by atoms with van der Waals surface area (Å²) in [5, 5.41) is 6.37. The number of benzene rings is 2. The number of amides is 3. The van der Waals surface area contributed by atoms with Gasteiger partial charge < -0.3 is 20.3 Å². The van der Waals surface area contributed by atoms with Crippen molar-refractivity contribution < 1.29 is 19.1 Å². The van der Waals surface area contributed by atoms with Gasteiger partial charge in [0, 0.05) is 43.1 Å². The van der Waals surface area contributed by atoms with Crippen molar-refractivity contribution in [2.45, 2.75) is 38.3 Å². The first kappa shape index (κ1) is 23.6. The number of likely N-dealkylation sites (tertiary alicyclic amines) is 1. The monoisotopic (exact) mass is 457 g/mol. The highest BCUT2D eigenvalue weighted by Crippen LogP contribution is 2.20. The van der Waals surface area contributed by atoms with E-state index < -0.39 is 6.04 Å². The molecule has 1 heterocycles. The summed E-state index contributed by atoms with van der Waals surface area (Å²) in [4.78, 5) is 39.1. The van der Waals surface area contributed by atoms with Gasteiger partial charge in [0.05, 0.1) is 7.11 Å². The SMILES string of the molecule is COc1ccccc1CC(NC(C)=O)C(=O)NC1CCN(C(=O)c2ccc(Cl)cc2)CC1. The van der Waals surface area contributed by atoms with E-state index in [-0.39, 0.29) is 23.8 Å². The Kier molecular flexibility index (Phi) is 8.11. The van der Waals surface area contributed by atoms with E-state index in [2.05, 4.69) is 10.6 Å². The van der Waals surface area contributed by atoms with Crippen molar-refractivity contribution >= 4 is 29.3 Å². The Morgan fingerprint density at radius 3 is 2.38 bits per heavy atom. The number of hydrogen-bond donors (Lipinski definition) is 2. The predicted octanol–water partition coefficient (Wildman–Crippen LogP) is 2.82. The molecule has 2 aromatic rings. The molecule has 1 unspecified atom stereocenters. The van der Waals surface area contributed by atoms with E-state index in [1.165, 1.54) is 6.92 Å². The third-order valence-electron chi connectivity index (χ3n) is 5.53. The van der Waals surface area contributed by atoms with Gasteiger partial charge in [0.25, 0.3) is 5.91 Å². The molecule has 0 spiro atoms. The molecule has 32 heavy (non-hydrogen) atoms. The minimum Gasteiger partial charge on any atom is -0.496 e. The Bertz CT molecular complexity index is 956. The number of hydrogen-bond acceptors (Lipinski definition) is 4. The molecule has 8 heteroatoms. The first-order valence-electron chi connectivity index (χ1n) is 10.6. The average molecular weight is 458 g/mol. The largest absolute Gasteiger partial charge is 0.496 e. The smallest absolute Gasteiger partial charge is 0.253 e. The Hall–Kier alpha value is -3.06. The number of carbonyl (C=O) groups is 3. The molecule has 2 N–H and O–H groups in total. The zero-order valence-electron chi connectivity index (χ0n) is 18.3. The van der Waals surface area contributed by atoms with Crippen LogP contribution in [0.3, 0.4) is 0 Å². The fraction of sp³-hybridized carbons (Fsp3) is 0.375. The topological polar surface area (TPSA) is 87.7 Å². The van der Waals surface area contributed by atoms with Gasteiger partial charge in [0.15, 0.2) is 0 Å². The summed E-state index contributed by atoms with van der Waals surface area (Å²) in [6.07, 6.45) is 1.61. The molecule has 0 radical (unpaired) electrons. The van der Waals surface area contributed by atoms with Crippen molar-refractivity contribution in [1.29, 1.82) is 0 Å². The Morgan fingerprint density at radius 2 is 1.75 bits per heavy atom. The lowest BCUT2D eigenvalue weighted by atomic mass is 10.0. The minimum atomic E-state index is -0.711. The fourth-order valence-corrected chi connectivity index (χ4v) is 3.98. The lowest BCUT2D eigenvalue weighted by molar-refractivity contribution is -0.128. The van der Waals surface area contributed by atoms with Gasteiger partial charge in [-0.2, -0.15) is 0 Å². The molecule has 170 valence electrons. The van der Waals surface area contributed by atoms with E-state index in [9.17, 15) is 14.4 Å². The van der Waals surface area contributed by atoms with Crippen LogP contribution in [-0.2, 0) is 16.0 Å². The van der Waals surface area contributed by atoms with Crippen molar-refractivity contribution in [3.05, 3.63) is 64.7 Å². The van der Waals surface area contributed by atoms with Gasteiger partial charge in [-0.25, -0.2) is 0 Å². The maximum atomic E-state index is 13.0. The second-order valence-electron chi connectivity index (χ2n) is 7.85. The number of methoxy groups -OCH3 is 1. The van der Waals surface area contributed by atoms with Crippen molar-refractivity contribution in [2.75, 3.05) is 20.2 Å². The minimum absolute atomic E-state index is 0.0428. The molecule has 1 aliphatic heterocycles. The van der Waals surface area contributed by atoms with Crippen LogP contribution in [0.25, 0.3) is 0 Å². The van der Waals surface area contributed by atoms with Gasteiger partial charge in [-0.3, -0.25) is 14.4 Å². The van der Waals surface area contributed by atoms with E-state index in [4.69, 9.17) is 16.3 Å². The van der Waals surface area contributed by atoms with Crippen LogP contribution in [-0.4, -0.2) is 54.9 Å². The Balaban J connectivity index is 1.58. The second-order valence-corrected chi connectivity index (χ2v) is 8.29. The number of nitrogens with one attached hydrogen (secondary N) is 2. The van der Waals surface area contributed by atoms with Crippen LogP contribution in [0, 0.1) is 0 Å². The summed E-state index contributed by atoms with van der Waals surface area (Å²) < 4.78 is 5.37. The first-order valence-corrected chi connectivity index (χ1v) is 11.0. The number of rotatable bonds is 7. The molecule has 2 aromatic carbocycles. The third kappa shape index (κ3) is 6.23. The standard InChI is InChI=1S/C24H28ClN3O4/c1-16(29)26-21(15-18-5-3-4-6-22(18)32-2)23(30)27-20-11-13-28(14-12-20)24(31)17-7-9-19(25)10-8-17/h3-10,20-21H,11-15H2,1-2H3,(H,26,29)(H,27,30). The molecule has 0 aromatic heterocycles. The summed E-state index contributed by atoms with van der Waals surface area (Å²) in [6, 6.07) is 13.5. The molecule has 0 aliphatic carbocycles. The molecular formula is C24H28ClN3O4. The summed E-state index contributed by atoms with van der Waals surface area (Å²) in [5.74, 6) is 0.112. The zero-order chi connectivity index (χ0) is 23.1. The number of para-hydroxylation sites is 1. The lowest BCUT2D eigenvalue weighted by Gasteiger charge is -2.33. The molecule has 3 amide bonds. The van der Waals surface area contributed by atoms with Crippen molar-refractivity contribution in [2.24, 2.45) is 0 Å². The molecule has 1 atom stereocenters. The highest BCUT2D eigenvalue weighted by atomic mass is 35.5. The van der Waals surface area contributed by atoms with Gasteiger partial charge in [-0.1, -0.05) is 29.8 Å². The van der Waals surface area contributed by atoms with Crippen LogP contribution in [0.2, 0.25) is 5.02 Å². The van der Waals surface area contributed by atoms with Crippen molar-refractivity contribution in [3.63, 3.8) is 0 Å². The van der Waals surface area contributed by atoms with Gasteiger partial charge >= 0.3 is 0 Å². The van der Waals surface area contributed by atoms with E-state index in [1.807, 2.05) is 24.3 Å². The number of carbonyl (C=O) groups excluding carboxylic acids is 3. The number of nitrogens with zero attached hydrogens (tertiary/aromatic N) is 1. The van der Waals surface area contributed by atoms with Crippen LogP contribution in [0.4, 0.5) is 0 Å². The van der Waals surface area contributed by atoms with Gasteiger partial charge in [-0.05, 0) is 48.7 Å². The Labute approximate surface area is 193 Å². The van der Waals surface area contributed by atoms with Crippen LogP contribution >= 0.6 is 11.6 Å². The molecule has 3 rings (SSSR count). The second kappa shape index (κ2) is 11.0. The molecular weight excluding hydrogens is 430 g/mol. The molecule has 1 aliphatic rings. The number of ether oxygens (including phenoxy) is 1. The molecule has 7 nitrogen and oxygen atoms in total. The highest BCUT2D eigenvalue weighted by Gasteiger charge is 2.28. The maximum Gasteiger partial charge on any atom is 0.253 e. The normalized spacial score (nSPS) is 15.0. The molecule has 0 bridgehead atoms. The molecule has 1 fully saturated rings. The fourth-order valence-electron chi connectivity index (χ4n) is 3.85. The quantitative estimate of drug-likeness (QED) is 0.669. The summed E-state index contributed by atoms with van der Waals surface area (Å²) in [5.41, 5.74) is 1.44. The van der Waals surface area contributed by atoms with Crippen LogP contribution < -0.4 is 15.4 Å². The van der Waals surface area contributed by atoms with Gasteiger partial charge in [0.1, 0.15) is 11.8 Å².